The first-order valence-corrected chi connectivity index (χ1v) is 6.57. The third kappa shape index (κ3) is 2.43. The Morgan fingerprint density at radius 2 is 1.71 bits per heavy atom. The van der Waals surface area contributed by atoms with E-state index in [1.54, 1.807) is 42.5 Å². The molecule has 2 aromatic rings. The van der Waals surface area contributed by atoms with Gasteiger partial charge in [-0.1, -0.05) is 48.5 Å². The van der Waals surface area contributed by atoms with Crippen molar-refractivity contribution in [2.24, 2.45) is 0 Å². The summed E-state index contributed by atoms with van der Waals surface area (Å²) in [5.41, 5.74) is 2.19. The number of benzene rings is 2. The second-order valence-corrected chi connectivity index (χ2v) is 4.79. The smallest absolute Gasteiger partial charge is 0.336 e. The average Bonchev–Trinajstić information content (AvgIpc) is 2.82. The number of carboxylic acid groups (broad SMARTS) is 1. The van der Waals surface area contributed by atoms with Gasteiger partial charge in [0, 0.05) is 5.56 Å². The van der Waals surface area contributed by atoms with E-state index in [2.05, 4.69) is 5.32 Å². The molecule has 4 heteroatoms. The van der Waals surface area contributed by atoms with E-state index in [1.165, 1.54) is 0 Å². The van der Waals surface area contributed by atoms with Crippen molar-refractivity contribution in [1.82, 2.24) is 5.32 Å². The minimum atomic E-state index is -1.01. The number of hydrogen-bond donors (Lipinski definition) is 2. The maximum absolute atomic E-state index is 11.9. The van der Waals surface area contributed by atoms with Crippen LogP contribution in [-0.4, -0.2) is 17.0 Å². The largest absolute Gasteiger partial charge is 0.478 e. The van der Waals surface area contributed by atoms with E-state index < -0.39 is 12.0 Å². The summed E-state index contributed by atoms with van der Waals surface area (Å²) in [6.45, 7) is 0. The van der Waals surface area contributed by atoms with Gasteiger partial charge in [0.25, 0.3) is 5.91 Å². The summed E-state index contributed by atoms with van der Waals surface area (Å²) < 4.78 is 0. The van der Waals surface area contributed by atoms with Crippen LogP contribution in [0, 0.1) is 0 Å². The van der Waals surface area contributed by atoms with Gasteiger partial charge in [0.2, 0.25) is 0 Å². The fraction of sp³-hybridized carbons (Fsp3) is 0.0588. The van der Waals surface area contributed by atoms with Crippen molar-refractivity contribution >= 4 is 17.4 Å². The zero-order chi connectivity index (χ0) is 14.8. The van der Waals surface area contributed by atoms with Crippen molar-refractivity contribution in [2.45, 2.75) is 6.04 Å². The number of carboxylic acids is 1. The van der Waals surface area contributed by atoms with E-state index in [9.17, 15) is 14.7 Å². The lowest BCUT2D eigenvalue weighted by Crippen LogP contribution is -2.18. The molecule has 0 saturated carbocycles. The van der Waals surface area contributed by atoms with Crippen LogP contribution >= 0.6 is 0 Å². The molecule has 4 nitrogen and oxygen atoms in total. The Morgan fingerprint density at radius 3 is 2.43 bits per heavy atom. The van der Waals surface area contributed by atoms with Crippen LogP contribution in [0.3, 0.4) is 0 Å². The van der Waals surface area contributed by atoms with Crippen LogP contribution in [-0.2, 0) is 4.79 Å². The molecule has 2 aromatic carbocycles. The zero-order valence-electron chi connectivity index (χ0n) is 11.1. The molecule has 1 amide bonds. The topological polar surface area (TPSA) is 66.4 Å². The molecule has 1 atom stereocenters. The average molecular weight is 279 g/mol. The number of carbonyl (C=O) groups excluding carboxylic acids is 1. The Hall–Kier alpha value is -2.88. The van der Waals surface area contributed by atoms with Crippen LogP contribution in [0.4, 0.5) is 0 Å². The van der Waals surface area contributed by atoms with E-state index in [-0.39, 0.29) is 11.5 Å². The van der Waals surface area contributed by atoms with Crippen LogP contribution in [0.15, 0.2) is 60.7 Å². The number of amides is 1. The Labute approximate surface area is 121 Å². The predicted molar refractivity (Wildman–Crippen MR) is 78.7 cm³/mol. The molecule has 1 aliphatic heterocycles. The third-order valence-corrected chi connectivity index (χ3v) is 3.48. The maximum atomic E-state index is 11.9. The molecule has 1 aliphatic rings. The minimum Gasteiger partial charge on any atom is -0.478 e. The molecular weight excluding hydrogens is 266 g/mol. The van der Waals surface area contributed by atoms with E-state index >= 15 is 0 Å². The highest BCUT2D eigenvalue weighted by atomic mass is 16.4. The molecule has 0 fully saturated rings. The van der Waals surface area contributed by atoms with Gasteiger partial charge >= 0.3 is 5.97 Å². The van der Waals surface area contributed by atoms with Crippen molar-refractivity contribution in [3.63, 3.8) is 0 Å². The summed E-state index contributed by atoms with van der Waals surface area (Å²) in [4.78, 5) is 23.4. The molecule has 1 unspecified atom stereocenters. The SMILES string of the molecule is O=C(O)/C(=C/C1NC(=O)c2ccccc21)c1ccccc1. The summed E-state index contributed by atoms with van der Waals surface area (Å²) in [6.07, 6.45) is 1.58. The van der Waals surface area contributed by atoms with Gasteiger partial charge in [-0.15, -0.1) is 0 Å². The first-order chi connectivity index (χ1) is 10.2. The van der Waals surface area contributed by atoms with Gasteiger partial charge in [-0.25, -0.2) is 4.79 Å². The number of hydrogen-bond acceptors (Lipinski definition) is 2. The van der Waals surface area contributed by atoms with Crippen molar-refractivity contribution < 1.29 is 14.7 Å². The second kappa shape index (κ2) is 5.25. The normalized spacial score (nSPS) is 17.2. The number of nitrogens with one attached hydrogen (secondary N) is 1. The van der Waals surface area contributed by atoms with E-state index in [1.807, 2.05) is 18.2 Å². The van der Waals surface area contributed by atoms with Crippen LogP contribution in [0.1, 0.15) is 27.5 Å². The minimum absolute atomic E-state index is 0.176. The lowest BCUT2D eigenvalue weighted by molar-refractivity contribution is -0.130. The van der Waals surface area contributed by atoms with Gasteiger partial charge in [-0.05, 0) is 23.3 Å². The van der Waals surface area contributed by atoms with Gasteiger partial charge in [0.15, 0.2) is 0 Å². The molecule has 0 spiro atoms. The second-order valence-electron chi connectivity index (χ2n) is 4.79. The summed E-state index contributed by atoms with van der Waals surface area (Å²) in [5, 5.41) is 12.2. The highest BCUT2D eigenvalue weighted by molar-refractivity contribution is 6.15. The van der Waals surface area contributed by atoms with Crippen molar-refractivity contribution in [3.8, 4) is 0 Å². The third-order valence-electron chi connectivity index (χ3n) is 3.48. The van der Waals surface area contributed by atoms with Gasteiger partial charge in [0.05, 0.1) is 11.6 Å². The lowest BCUT2D eigenvalue weighted by atomic mass is 9.99. The van der Waals surface area contributed by atoms with E-state index in [4.69, 9.17) is 0 Å². The summed E-state index contributed by atoms with van der Waals surface area (Å²) in [7, 11) is 0. The first-order valence-electron chi connectivity index (χ1n) is 6.57. The van der Waals surface area contributed by atoms with Crippen LogP contribution in [0.2, 0.25) is 0 Å². The van der Waals surface area contributed by atoms with Crippen LogP contribution in [0.5, 0.6) is 0 Å². The molecular formula is C17H13NO3. The number of aliphatic carboxylic acids is 1. The maximum Gasteiger partial charge on any atom is 0.336 e. The van der Waals surface area contributed by atoms with Crippen LogP contribution in [0.25, 0.3) is 5.57 Å². The molecule has 21 heavy (non-hydrogen) atoms. The van der Waals surface area contributed by atoms with E-state index in [0.717, 1.165) is 5.56 Å². The molecule has 0 aromatic heterocycles. The number of fused-ring (bicyclic) bond motifs is 1. The monoisotopic (exact) mass is 279 g/mol. The van der Waals surface area contributed by atoms with Gasteiger partial charge in [0.1, 0.15) is 0 Å². The highest BCUT2D eigenvalue weighted by Gasteiger charge is 2.27. The van der Waals surface area contributed by atoms with Crippen molar-refractivity contribution in [1.29, 1.82) is 0 Å². The first kappa shape index (κ1) is 13.1. The molecule has 0 aliphatic carbocycles. The Balaban J connectivity index is 2.04. The Bertz CT molecular complexity index is 735. The fourth-order valence-electron chi connectivity index (χ4n) is 2.48. The Morgan fingerprint density at radius 1 is 1.05 bits per heavy atom. The summed E-state index contributed by atoms with van der Waals surface area (Å²) in [6, 6.07) is 15.7. The molecule has 0 bridgehead atoms. The molecule has 2 N–H and O–H groups in total. The van der Waals surface area contributed by atoms with Crippen LogP contribution < -0.4 is 5.32 Å². The lowest BCUT2D eigenvalue weighted by Gasteiger charge is -2.09. The molecule has 0 radical (unpaired) electrons. The zero-order valence-corrected chi connectivity index (χ0v) is 11.1. The predicted octanol–water partition coefficient (Wildman–Crippen LogP) is 2.64. The van der Waals surface area contributed by atoms with Gasteiger partial charge < -0.3 is 10.4 Å². The van der Waals surface area contributed by atoms with Gasteiger partial charge in [-0.3, -0.25) is 4.79 Å². The van der Waals surface area contributed by atoms with Gasteiger partial charge in [-0.2, -0.15) is 0 Å². The quantitative estimate of drug-likeness (QED) is 0.849. The molecule has 1 heterocycles. The highest BCUT2D eigenvalue weighted by Crippen LogP contribution is 2.29. The molecule has 0 saturated heterocycles. The summed E-state index contributed by atoms with van der Waals surface area (Å²) in [5.74, 6) is -1.19. The standard InChI is InChI=1S/C17H13NO3/c19-16-13-9-5-4-8-12(13)15(18-16)10-14(17(20)21)11-6-2-1-3-7-11/h1-10,15H,(H,18,19)(H,20,21)/b14-10+. The summed E-state index contributed by atoms with van der Waals surface area (Å²) >= 11 is 0. The number of carbonyl (C=O) groups is 2. The Kier molecular flexibility index (Phi) is 3.28. The molecule has 3 rings (SSSR count). The number of rotatable bonds is 3. The van der Waals surface area contributed by atoms with Crippen molar-refractivity contribution in [3.05, 3.63) is 77.4 Å². The fourth-order valence-corrected chi connectivity index (χ4v) is 2.48. The molecule has 104 valence electrons. The van der Waals surface area contributed by atoms with Crippen molar-refractivity contribution in [2.75, 3.05) is 0 Å². The van der Waals surface area contributed by atoms with E-state index in [0.29, 0.717) is 11.1 Å².